The van der Waals surface area contributed by atoms with Gasteiger partial charge in [0, 0.05) is 23.4 Å². The second kappa shape index (κ2) is 6.16. The molecule has 2 N–H and O–H groups in total. The van der Waals surface area contributed by atoms with E-state index in [0.717, 1.165) is 16.8 Å². The molecule has 122 valence electrons. The monoisotopic (exact) mass is 329 g/mol. The fourth-order valence-electron chi connectivity index (χ4n) is 2.64. The standard InChI is InChI=1S/C19H15N5O/c1-25-16-10-7-13(11-21-16)14-8-9-15-18(22-14)17(24-19(20)23-15)12-5-3-2-4-6-12/h2-11H,1H3,(H2,20,23,24). The lowest BCUT2D eigenvalue weighted by molar-refractivity contribution is 0.398. The average Bonchev–Trinajstić information content (AvgIpc) is 2.68. The van der Waals surface area contributed by atoms with Crippen LogP contribution in [0.4, 0.5) is 5.95 Å². The van der Waals surface area contributed by atoms with Gasteiger partial charge in [0.05, 0.1) is 18.3 Å². The Labute approximate surface area is 144 Å². The molecule has 0 aliphatic carbocycles. The van der Waals surface area contributed by atoms with Crippen LogP contribution in [0.1, 0.15) is 0 Å². The first-order chi connectivity index (χ1) is 12.2. The summed E-state index contributed by atoms with van der Waals surface area (Å²) in [5.74, 6) is 0.789. The summed E-state index contributed by atoms with van der Waals surface area (Å²) in [7, 11) is 1.59. The number of hydrogen-bond acceptors (Lipinski definition) is 6. The van der Waals surface area contributed by atoms with Crippen LogP contribution in [0.25, 0.3) is 33.5 Å². The number of nitrogen functional groups attached to an aromatic ring is 1. The average molecular weight is 329 g/mol. The number of nitrogens with two attached hydrogens (primary N) is 1. The van der Waals surface area contributed by atoms with Crippen LogP contribution < -0.4 is 10.5 Å². The Kier molecular flexibility index (Phi) is 3.70. The first-order valence-corrected chi connectivity index (χ1v) is 7.75. The van der Waals surface area contributed by atoms with Crippen molar-refractivity contribution in [3.8, 4) is 28.4 Å². The number of rotatable bonds is 3. The molecule has 0 amide bonds. The highest BCUT2D eigenvalue weighted by Crippen LogP contribution is 2.28. The molecule has 0 unspecified atom stereocenters. The van der Waals surface area contributed by atoms with Gasteiger partial charge in [-0.05, 0) is 18.2 Å². The van der Waals surface area contributed by atoms with Crippen LogP contribution in [-0.2, 0) is 0 Å². The number of methoxy groups -OCH3 is 1. The minimum Gasteiger partial charge on any atom is -0.481 e. The smallest absolute Gasteiger partial charge is 0.221 e. The number of aromatic nitrogens is 4. The van der Waals surface area contributed by atoms with Crippen molar-refractivity contribution in [1.82, 2.24) is 19.9 Å². The number of fused-ring (bicyclic) bond motifs is 1. The van der Waals surface area contributed by atoms with Crippen molar-refractivity contribution in [3.05, 3.63) is 60.8 Å². The van der Waals surface area contributed by atoms with Crippen molar-refractivity contribution in [1.29, 1.82) is 0 Å². The topological polar surface area (TPSA) is 86.8 Å². The maximum atomic E-state index is 5.87. The van der Waals surface area contributed by atoms with Crippen LogP contribution in [0.2, 0.25) is 0 Å². The lowest BCUT2D eigenvalue weighted by Gasteiger charge is -2.08. The normalized spacial score (nSPS) is 10.8. The second-order valence-electron chi connectivity index (χ2n) is 5.45. The Morgan fingerprint density at radius 2 is 1.68 bits per heavy atom. The number of nitrogens with zero attached hydrogens (tertiary/aromatic N) is 4. The van der Waals surface area contributed by atoms with Gasteiger partial charge >= 0.3 is 0 Å². The first kappa shape index (κ1) is 15.0. The fourth-order valence-corrected chi connectivity index (χ4v) is 2.64. The summed E-state index contributed by atoms with van der Waals surface area (Å²) in [5.41, 5.74) is 10.6. The first-order valence-electron chi connectivity index (χ1n) is 7.75. The van der Waals surface area contributed by atoms with Crippen molar-refractivity contribution >= 4 is 17.0 Å². The molecule has 0 saturated carbocycles. The Balaban J connectivity index is 1.90. The Hall–Kier alpha value is -3.54. The summed E-state index contributed by atoms with van der Waals surface area (Å²) in [4.78, 5) is 17.7. The molecule has 4 aromatic rings. The van der Waals surface area contributed by atoms with Gasteiger partial charge in [0.15, 0.2) is 0 Å². The van der Waals surface area contributed by atoms with Crippen LogP contribution in [0.3, 0.4) is 0 Å². The van der Waals surface area contributed by atoms with Crippen molar-refractivity contribution in [2.45, 2.75) is 0 Å². The van der Waals surface area contributed by atoms with Crippen LogP contribution >= 0.6 is 0 Å². The molecule has 3 heterocycles. The van der Waals surface area contributed by atoms with E-state index in [1.165, 1.54) is 0 Å². The van der Waals surface area contributed by atoms with E-state index in [1.807, 2.05) is 48.5 Å². The Morgan fingerprint density at radius 3 is 2.40 bits per heavy atom. The summed E-state index contributed by atoms with van der Waals surface area (Å²) in [6, 6.07) is 17.3. The van der Waals surface area contributed by atoms with E-state index in [1.54, 1.807) is 19.4 Å². The SMILES string of the molecule is COc1ccc(-c2ccc3nc(N)nc(-c4ccccc4)c3n2)cn1. The summed E-state index contributed by atoms with van der Waals surface area (Å²) in [6.07, 6.45) is 1.73. The molecule has 0 radical (unpaired) electrons. The molecule has 0 bridgehead atoms. The summed E-state index contributed by atoms with van der Waals surface area (Å²) < 4.78 is 5.10. The molecule has 0 atom stereocenters. The molecule has 1 aromatic carbocycles. The van der Waals surface area contributed by atoms with Crippen molar-refractivity contribution < 1.29 is 4.74 Å². The number of anilines is 1. The van der Waals surface area contributed by atoms with Gasteiger partial charge in [-0.3, -0.25) is 0 Å². The fraction of sp³-hybridized carbons (Fsp3) is 0.0526. The maximum Gasteiger partial charge on any atom is 0.221 e. The number of pyridine rings is 2. The quantitative estimate of drug-likeness (QED) is 0.620. The van der Waals surface area contributed by atoms with E-state index in [-0.39, 0.29) is 5.95 Å². The van der Waals surface area contributed by atoms with Crippen molar-refractivity contribution in [2.75, 3.05) is 12.8 Å². The highest BCUT2D eigenvalue weighted by atomic mass is 16.5. The number of benzene rings is 1. The van der Waals surface area contributed by atoms with Gasteiger partial charge in [-0.15, -0.1) is 0 Å². The zero-order chi connectivity index (χ0) is 17.2. The van der Waals surface area contributed by atoms with Crippen molar-refractivity contribution in [2.24, 2.45) is 0 Å². The van der Waals surface area contributed by atoms with E-state index in [9.17, 15) is 0 Å². The minimum absolute atomic E-state index is 0.229. The molecule has 3 aromatic heterocycles. The van der Waals surface area contributed by atoms with Gasteiger partial charge in [-0.1, -0.05) is 30.3 Å². The van der Waals surface area contributed by atoms with Gasteiger partial charge in [0.1, 0.15) is 11.2 Å². The third kappa shape index (κ3) is 2.85. The zero-order valence-electron chi connectivity index (χ0n) is 13.5. The van der Waals surface area contributed by atoms with E-state index in [2.05, 4.69) is 15.0 Å². The third-order valence-corrected chi connectivity index (χ3v) is 3.85. The van der Waals surface area contributed by atoms with Gasteiger partial charge in [0.2, 0.25) is 11.8 Å². The van der Waals surface area contributed by atoms with E-state index in [0.29, 0.717) is 22.6 Å². The van der Waals surface area contributed by atoms with E-state index < -0.39 is 0 Å². The molecular weight excluding hydrogens is 314 g/mol. The Bertz CT molecular complexity index is 1030. The molecule has 6 heteroatoms. The maximum absolute atomic E-state index is 5.87. The van der Waals surface area contributed by atoms with E-state index in [4.69, 9.17) is 15.5 Å². The molecule has 6 nitrogen and oxygen atoms in total. The van der Waals surface area contributed by atoms with Gasteiger partial charge in [-0.2, -0.15) is 0 Å². The summed E-state index contributed by atoms with van der Waals surface area (Å²) in [5, 5.41) is 0. The highest BCUT2D eigenvalue weighted by Gasteiger charge is 2.12. The van der Waals surface area contributed by atoms with Gasteiger partial charge in [-0.25, -0.2) is 19.9 Å². The number of ether oxygens (including phenoxy) is 1. The van der Waals surface area contributed by atoms with Crippen LogP contribution in [0.5, 0.6) is 5.88 Å². The third-order valence-electron chi connectivity index (χ3n) is 3.85. The summed E-state index contributed by atoms with van der Waals surface area (Å²) in [6.45, 7) is 0. The molecular formula is C19H15N5O. The lowest BCUT2D eigenvalue weighted by atomic mass is 10.1. The van der Waals surface area contributed by atoms with Gasteiger partial charge < -0.3 is 10.5 Å². The van der Waals surface area contributed by atoms with Crippen LogP contribution in [0, 0.1) is 0 Å². The van der Waals surface area contributed by atoms with Crippen LogP contribution in [-0.4, -0.2) is 27.0 Å². The van der Waals surface area contributed by atoms with Crippen LogP contribution in [0.15, 0.2) is 60.8 Å². The molecule has 0 aliphatic rings. The summed E-state index contributed by atoms with van der Waals surface area (Å²) >= 11 is 0. The molecule has 0 fully saturated rings. The molecule has 25 heavy (non-hydrogen) atoms. The predicted molar refractivity (Wildman–Crippen MR) is 97.0 cm³/mol. The van der Waals surface area contributed by atoms with Crippen molar-refractivity contribution in [3.63, 3.8) is 0 Å². The molecule has 4 rings (SSSR count). The second-order valence-corrected chi connectivity index (χ2v) is 5.45. The van der Waals surface area contributed by atoms with Gasteiger partial charge in [0.25, 0.3) is 0 Å². The highest BCUT2D eigenvalue weighted by molar-refractivity contribution is 5.91. The zero-order valence-corrected chi connectivity index (χ0v) is 13.5. The molecule has 0 spiro atoms. The Morgan fingerprint density at radius 1 is 0.840 bits per heavy atom. The molecule has 0 aliphatic heterocycles. The number of hydrogen-bond donors (Lipinski definition) is 1. The molecule has 0 saturated heterocycles. The predicted octanol–water partition coefficient (Wildman–Crippen LogP) is 3.34. The minimum atomic E-state index is 0.229. The largest absolute Gasteiger partial charge is 0.481 e. The van der Waals surface area contributed by atoms with E-state index >= 15 is 0 Å². The lowest BCUT2D eigenvalue weighted by Crippen LogP contribution is -2.00.